The van der Waals surface area contributed by atoms with Crippen molar-refractivity contribution in [1.82, 2.24) is 16.2 Å². The first-order valence-electron chi connectivity index (χ1n) is 8.89. The van der Waals surface area contributed by atoms with E-state index in [1.807, 2.05) is 0 Å². The minimum atomic E-state index is -0.473. The largest absolute Gasteiger partial charge is 0.492 e. The smallest absolute Gasteiger partial charge is 0.257 e. The Morgan fingerprint density at radius 2 is 1.78 bits per heavy atom. The van der Waals surface area contributed by atoms with Gasteiger partial charge in [0, 0.05) is 17.4 Å². The molecule has 9 heteroatoms. The van der Waals surface area contributed by atoms with Gasteiger partial charge in [0.1, 0.15) is 5.75 Å². The molecule has 7 nitrogen and oxygen atoms in total. The van der Waals surface area contributed by atoms with Gasteiger partial charge < -0.3 is 10.1 Å². The third-order valence-electron chi connectivity index (χ3n) is 4.19. The van der Waals surface area contributed by atoms with Crippen LogP contribution in [0.2, 0.25) is 10.0 Å². The van der Waals surface area contributed by atoms with Crippen LogP contribution in [-0.4, -0.2) is 30.9 Å². The van der Waals surface area contributed by atoms with Gasteiger partial charge in [0.25, 0.3) is 5.91 Å². The fourth-order valence-corrected chi connectivity index (χ4v) is 3.22. The van der Waals surface area contributed by atoms with Gasteiger partial charge in [-0.25, -0.2) is 0 Å². The van der Waals surface area contributed by atoms with E-state index in [0.717, 1.165) is 25.7 Å². The second-order valence-electron chi connectivity index (χ2n) is 6.32. The van der Waals surface area contributed by atoms with Crippen LogP contribution >= 0.6 is 23.2 Å². The lowest BCUT2D eigenvalue weighted by Crippen LogP contribution is -2.47. The Morgan fingerprint density at radius 3 is 2.48 bits per heavy atom. The van der Waals surface area contributed by atoms with E-state index in [0.29, 0.717) is 28.8 Å². The highest BCUT2D eigenvalue weighted by atomic mass is 35.5. The number of amides is 3. The van der Waals surface area contributed by atoms with Crippen LogP contribution in [0.4, 0.5) is 0 Å². The molecule has 0 heterocycles. The number of benzene rings is 1. The Hall–Kier alpha value is -1.99. The molecule has 1 aliphatic carbocycles. The number of hydrazine groups is 1. The van der Waals surface area contributed by atoms with Crippen LogP contribution in [0, 0.1) is 5.92 Å². The summed E-state index contributed by atoms with van der Waals surface area (Å²) in [4.78, 5) is 35.2. The predicted molar refractivity (Wildman–Crippen MR) is 102 cm³/mol. The summed E-state index contributed by atoms with van der Waals surface area (Å²) in [6, 6.07) is 4.90. The number of ether oxygens (including phenoxy) is 1. The SMILES string of the molecule is O=C(CCCOc1ccc(Cl)cc1Cl)NNC(=O)CNC(=O)C1CCCC1. The first-order valence-corrected chi connectivity index (χ1v) is 9.64. The molecule has 27 heavy (non-hydrogen) atoms. The van der Waals surface area contributed by atoms with E-state index in [4.69, 9.17) is 27.9 Å². The third kappa shape index (κ3) is 7.64. The van der Waals surface area contributed by atoms with Crippen LogP contribution in [0.15, 0.2) is 18.2 Å². The second kappa shape index (κ2) is 11.0. The number of hydrogen-bond donors (Lipinski definition) is 3. The van der Waals surface area contributed by atoms with Gasteiger partial charge in [-0.15, -0.1) is 0 Å². The fourth-order valence-electron chi connectivity index (χ4n) is 2.75. The fraction of sp³-hybridized carbons (Fsp3) is 0.500. The molecular weight excluding hydrogens is 393 g/mol. The van der Waals surface area contributed by atoms with E-state index in [1.165, 1.54) is 0 Å². The molecule has 1 aromatic carbocycles. The molecule has 3 N–H and O–H groups in total. The number of carbonyl (C=O) groups is 3. The highest BCUT2D eigenvalue weighted by Gasteiger charge is 2.22. The quantitative estimate of drug-likeness (QED) is 0.448. The maximum Gasteiger partial charge on any atom is 0.257 e. The maximum atomic E-state index is 11.8. The van der Waals surface area contributed by atoms with Crippen molar-refractivity contribution in [3.8, 4) is 5.75 Å². The monoisotopic (exact) mass is 415 g/mol. The van der Waals surface area contributed by atoms with E-state index in [-0.39, 0.29) is 30.7 Å². The average Bonchev–Trinajstić information content (AvgIpc) is 3.17. The minimum absolute atomic E-state index is 0.00142. The molecule has 2 rings (SSSR count). The van der Waals surface area contributed by atoms with Crippen LogP contribution < -0.4 is 20.9 Å². The van der Waals surface area contributed by atoms with Gasteiger partial charge in [-0.05, 0) is 37.5 Å². The van der Waals surface area contributed by atoms with Gasteiger partial charge in [0.15, 0.2) is 0 Å². The standard InChI is InChI=1S/C18H23Cl2N3O4/c19-13-7-8-15(14(20)10-13)27-9-3-6-16(24)22-23-17(25)11-21-18(26)12-4-1-2-5-12/h7-8,10,12H,1-6,9,11H2,(H,21,26)(H,22,24)(H,23,25). The maximum absolute atomic E-state index is 11.8. The van der Waals surface area contributed by atoms with E-state index < -0.39 is 5.91 Å². The molecule has 1 saturated carbocycles. The predicted octanol–water partition coefficient (Wildman–Crippen LogP) is 2.61. The summed E-state index contributed by atoms with van der Waals surface area (Å²) in [5, 5.41) is 3.50. The molecular formula is C18H23Cl2N3O4. The van der Waals surface area contributed by atoms with Crippen LogP contribution in [0.1, 0.15) is 38.5 Å². The summed E-state index contributed by atoms with van der Waals surface area (Å²) in [5.74, 6) is -0.434. The summed E-state index contributed by atoms with van der Waals surface area (Å²) in [6.07, 6.45) is 4.45. The van der Waals surface area contributed by atoms with Crippen LogP contribution in [0.5, 0.6) is 5.75 Å². The molecule has 1 aliphatic rings. The lowest BCUT2D eigenvalue weighted by Gasteiger charge is -2.11. The van der Waals surface area contributed by atoms with Crippen molar-refractivity contribution in [2.75, 3.05) is 13.2 Å². The zero-order chi connectivity index (χ0) is 19.6. The normalized spacial score (nSPS) is 13.9. The van der Waals surface area contributed by atoms with E-state index in [9.17, 15) is 14.4 Å². The van der Waals surface area contributed by atoms with Crippen LogP contribution in [-0.2, 0) is 14.4 Å². The first kappa shape index (κ1) is 21.3. The van der Waals surface area contributed by atoms with Crippen molar-refractivity contribution in [1.29, 1.82) is 0 Å². The molecule has 1 aromatic rings. The molecule has 0 radical (unpaired) electrons. The van der Waals surface area contributed by atoms with E-state index in [1.54, 1.807) is 18.2 Å². The zero-order valence-electron chi connectivity index (χ0n) is 14.9. The lowest BCUT2D eigenvalue weighted by molar-refractivity contribution is -0.130. The highest BCUT2D eigenvalue weighted by molar-refractivity contribution is 6.35. The molecule has 0 atom stereocenters. The van der Waals surface area contributed by atoms with Gasteiger partial charge in [0.2, 0.25) is 11.8 Å². The molecule has 0 bridgehead atoms. The molecule has 1 fully saturated rings. The zero-order valence-corrected chi connectivity index (χ0v) is 16.4. The van der Waals surface area contributed by atoms with Crippen molar-refractivity contribution in [2.45, 2.75) is 38.5 Å². The number of halogens is 2. The molecule has 3 amide bonds. The molecule has 0 aliphatic heterocycles. The highest BCUT2D eigenvalue weighted by Crippen LogP contribution is 2.27. The van der Waals surface area contributed by atoms with Crippen LogP contribution in [0.3, 0.4) is 0 Å². The summed E-state index contributed by atoms with van der Waals surface area (Å²) >= 11 is 11.8. The first-order chi connectivity index (χ1) is 13.0. The van der Waals surface area contributed by atoms with Gasteiger partial charge in [-0.2, -0.15) is 0 Å². The van der Waals surface area contributed by atoms with Crippen molar-refractivity contribution >= 4 is 40.9 Å². The summed E-state index contributed by atoms with van der Waals surface area (Å²) in [5.41, 5.74) is 4.58. The topological polar surface area (TPSA) is 96.5 Å². The van der Waals surface area contributed by atoms with Gasteiger partial charge in [0.05, 0.1) is 18.2 Å². The van der Waals surface area contributed by atoms with Crippen molar-refractivity contribution in [3.63, 3.8) is 0 Å². The average molecular weight is 416 g/mol. The molecule has 0 unspecified atom stereocenters. The number of rotatable bonds is 8. The van der Waals surface area contributed by atoms with Crippen molar-refractivity contribution < 1.29 is 19.1 Å². The Kier molecular flexibility index (Phi) is 8.67. The van der Waals surface area contributed by atoms with Crippen LogP contribution in [0.25, 0.3) is 0 Å². The number of carbonyl (C=O) groups excluding carboxylic acids is 3. The third-order valence-corrected chi connectivity index (χ3v) is 4.72. The van der Waals surface area contributed by atoms with E-state index in [2.05, 4.69) is 16.2 Å². The Balaban J connectivity index is 1.54. The van der Waals surface area contributed by atoms with Crippen molar-refractivity contribution in [3.05, 3.63) is 28.2 Å². The van der Waals surface area contributed by atoms with Gasteiger partial charge in [-0.1, -0.05) is 36.0 Å². The summed E-state index contributed by atoms with van der Waals surface area (Å²) in [7, 11) is 0. The van der Waals surface area contributed by atoms with E-state index >= 15 is 0 Å². The molecule has 148 valence electrons. The summed E-state index contributed by atoms with van der Waals surface area (Å²) in [6.45, 7) is 0.133. The lowest BCUT2D eigenvalue weighted by atomic mass is 10.1. The second-order valence-corrected chi connectivity index (χ2v) is 7.17. The summed E-state index contributed by atoms with van der Waals surface area (Å²) < 4.78 is 5.48. The molecule has 0 spiro atoms. The number of nitrogens with one attached hydrogen (secondary N) is 3. The molecule has 0 aromatic heterocycles. The number of hydrogen-bond acceptors (Lipinski definition) is 4. The van der Waals surface area contributed by atoms with Gasteiger partial charge in [-0.3, -0.25) is 25.2 Å². The van der Waals surface area contributed by atoms with Gasteiger partial charge >= 0.3 is 0 Å². The minimum Gasteiger partial charge on any atom is -0.492 e. The Morgan fingerprint density at radius 1 is 1.07 bits per heavy atom. The Labute approximate surface area is 168 Å². The Bertz CT molecular complexity index is 679. The molecule has 0 saturated heterocycles. The van der Waals surface area contributed by atoms with Crippen molar-refractivity contribution in [2.24, 2.45) is 5.92 Å².